The summed E-state index contributed by atoms with van der Waals surface area (Å²) in [5.41, 5.74) is 4.22. The molecule has 2 rings (SSSR count). The van der Waals surface area contributed by atoms with Crippen LogP contribution < -0.4 is 11.1 Å². The quantitative estimate of drug-likeness (QED) is 0.833. The summed E-state index contributed by atoms with van der Waals surface area (Å²) >= 11 is 5.54. The lowest BCUT2D eigenvalue weighted by Crippen LogP contribution is -2.15. The Morgan fingerprint density at radius 1 is 1.15 bits per heavy atom. The first kappa shape index (κ1) is 14.2. The Hall–Kier alpha value is -2.21. The molecule has 0 aliphatic rings. The Balaban J connectivity index is 2.33. The van der Waals surface area contributed by atoms with E-state index in [1.54, 1.807) is 0 Å². The van der Waals surface area contributed by atoms with Crippen LogP contribution in [0.5, 0.6) is 0 Å². The van der Waals surface area contributed by atoms with Gasteiger partial charge in [0, 0.05) is 6.07 Å². The molecule has 3 nitrogen and oxygen atoms in total. The molecular weight excluding hydrogens is 293 g/mol. The smallest absolute Gasteiger partial charge is 0.258 e. The summed E-state index contributed by atoms with van der Waals surface area (Å²) in [7, 11) is 0. The molecule has 0 saturated heterocycles. The summed E-state index contributed by atoms with van der Waals surface area (Å²) in [5, 5.41) is 1.86. The van der Waals surface area contributed by atoms with E-state index in [4.69, 9.17) is 17.3 Å². The van der Waals surface area contributed by atoms with E-state index in [1.807, 2.05) is 0 Å². The largest absolute Gasteiger partial charge is 0.396 e. The molecule has 0 aliphatic heterocycles. The van der Waals surface area contributed by atoms with Crippen molar-refractivity contribution in [2.45, 2.75) is 0 Å². The van der Waals surface area contributed by atoms with Gasteiger partial charge in [0.15, 0.2) is 5.82 Å². The molecule has 0 unspecified atom stereocenters. The molecule has 0 fully saturated rings. The molecule has 3 N–H and O–H groups in total. The molecular formula is C13H8ClF3N2O. The molecule has 0 spiro atoms. The third-order valence-corrected chi connectivity index (χ3v) is 2.82. The first-order valence-electron chi connectivity index (χ1n) is 5.40. The molecule has 2 aromatic carbocycles. The van der Waals surface area contributed by atoms with Crippen LogP contribution in [-0.4, -0.2) is 5.91 Å². The van der Waals surface area contributed by atoms with Gasteiger partial charge in [0.05, 0.1) is 22.0 Å². The Kier molecular flexibility index (Phi) is 3.85. The van der Waals surface area contributed by atoms with E-state index < -0.39 is 23.4 Å². The van der Waals surface area contributed by atoms with Crippen molar-refractivity contribution in [3.05, 3.63) is 58.4 Å². The molecule has 104 valence electrons. The van der Waals surface area contributed by atoms with Crippen molar-refractivity contribution < 1.29 is 18.0 Å². The maximum absolute atomic E-state index is 13.6. The van der Waals surface area contributed by atoms with Crippen molar-refractivity contribution in [3.63, 3.8) is 0 Å². The molecule has 0 aromatic heterocycles. The minimum absolute atomic E-state index is 0.239. The first-order valence-corrected chi connectivity index (χ1v) is 5.78. The van der Waals surface area contributed by atoms with E-state index in [0.717, 1.165) is 6.07 Å². The second-order valence-electron chi connectivity index (χ2n) is 3.91. The fourth-order valence-corrected chi connectivity index (χ4v) is 1.70. The van der Waals surface area contributed by atoms with Gasteiger partial charge >= 0.3 is 0 Å². The van der Waals surface area contributed by atoms with Gasteiger partial charge in [-0.05, 0) is 18.2 Å². The standard InChI is InChI=1S/C13H8ClF3N2O/c14-7-3-1-2-6(12(7)17)13(20)19-11-5-10(18)8(15)4-9(11)16/h1-5H,18H2,(H,19,20). The number of anilines is 2. The highest BCUT2D eigenvalue weighted by Crippen LogP contribution is 2.23. The summed E-state index contributed by atoms with van der Waals surface area (Å²) in [6, 6.07) is 5.26. The lowest BCUT2D eigenvalue weighted by Gasteiger charge is -2.09. The van der Waals surface area contributed by atoms with Crippen LogP contribution in [0, 0.1) is 17.5 Å². The van der Waals surface area contributed by atoms with Gasteiger partial charge in [0.1, 0.15) is 11.6 Å². The second kappa shape index (κ2) is 5.42. The highest BCUT2D eigenvalue weighted by atomic mass is 35.5. The number of nitrogens with two attached hydrogens (primary N) is 1. The summed E-state index contributed by atoms with van der Waals surface area (Å²) < 4.78 is 40.1. The van der Waals surface area contributed by atoms with E-state index in [0.29, 0.717) is 6.07 Å². The minimum atomic E-state index is -1.02. The van der Waals surface area contributed by atoms with E-state index in [9.17, 15) is 18.0 Å². The van der Waals surface area contributed by atoms with Crippen molar-refractivity contribution in [1.29, 1.82) is 0 Å². The predicted molar refractivity (Wildman–Crippen MR) is 70.1 cm³/mol. The zero-order chi connectivity index (χ0) is 14.9. The first-order chi connectivity index (χ1) is 9.40. The highest BCUT2D eigenvalue weighted by molar-refractivity contribution is 6.31. The van der Waals surface area contributed by atoms with Gasteiger partial charge in [-0.1, -0.05) is 17.7 Å². The number of hydrogen-bond acceptors (Lipinski definition) is 2. The van der Waals surface area contributed by atoms with Crippen LogP contribution in [0.2, 0.25) is 5.02 Å². The average Bonchev–Trinajstić information content (AvgIpc) is 2.39. The van der Waals surface area contributed by atoms with E-state index >= 15 is 0 Å². The number of benzene rings is 2. The highest BCUT2D eigenvalue weighted by Gasteiger charge is 2.16. The maximum atomic E-state index is 13.6. The Labute approximate surface area is 117 Å². The van der Waals surface area contributed by atoms with Crippen molar-refractivity contribution in [2.75, 3.05) is 11.1 Å². The van der Waals surface area contributed by atoms with Crippen molar-refractivity contribution >= 4 is 28.9 Å². The predicted octanol–water partition coefficient (Wildman–Crippen LogP) is 3.59. The van der Waals surface area contributed by atoms with E-state index in [-0.39, 0.29) is 22.0 Å². The van der Waals surface area contributed by atoms with Crippen LogP contribution in [0.25, 0.3) is 0 Å². The number of amides is 1. The summed E-state index contributed by atoms with van der Waals surface area (Å²) in [6.07, 6.45) is 0. The molecule has 0 saturated carbocycles. The lowest BCUT2D eigenvalue weighted by atomic mass is 10.2. The van der Waals surface area contributed by atoms with Crippen LogP contribution >= 0.6 is 11.6 Å². The normalized spacial score (nSPS) is 10.4. The van der Waals surface area contributed by atoms with Crippen molar-refractivity contribution in [1.82, 2.24) is 0 Å². The van der Waals surface area contributed by atoms with Gasteiger partial charge in [0.25, 0.3) is 5.91 Å². The van der Waals surface area contributed by atoms with Crippen molar-refractivity contribution in [3.8, 4) is 0 Å². The van der Waals surface area contributed by atoms with Crippen LogP contribution in [0.4, 0.5) is 24.5 Å². The lowest BCUT2D eigenvalue weighted by molar-refractivity contribution is 0.102. The number of nitrogens with one attached hydrogen (secondary N) is 1. The SMILES string of the molecule is Nc1cc(NC(=O)c2cccc(Cl)c2F)c(F)cc1F. The number of rotatable bonds is 2. The maximum Gasteiger partial charge on any atom is 0.258 e. The van der Waals surface area contributed by atoms with E-state index in [2.05, 4.69) is 5.32 Å². The molecule has 0 bridgehead atoms. The molecule has 20 heavy (non-hydrogen) atoms. The Morgan fingerprint density at radius 2 is 1.85 bits per heavy atom. The molecule has 1 amide bonds. The zero-order valence-electron chi connectivity index (χ0n) is 9.88. The Bertz CT molecular complexity index is 692. The summed E-state index contributed by atoms with van der Waals surface area (Å²) in [6.45, 7) is 0. The monoisotopic (exact) mass is 300 g/mol. The molecule has 0 radical (unpaired) electrons. The van der Waals surface area contributed by atoms with Crippen LogP contribution in [0.15, 0.2) is 30.3 Å². The molecule has 0 aliphatic carbocycles. The van der Waals surface area contributed by atoms with Gasteiger partial charge < -0.3 is 11.1 Å². The number of hydrogen-bond donors (Lipinski definition) is 2. The average molecular weight is 301 g/mol. The van der Waals surface area contributed by atoms with Gasteiger partial charge in [-0.25, -0.2) is 13.2 Å². The number of carbonyl (C=O) groups excluding carboxylic acids is 1. The van der Waals surface area contributed by atoms with Gasteiger partial charge in [-0.15, -0.1) is 0 Å². The number of halogens is 4. The third kappa shape index (κ3) is 2.70. The molecule has 7 heteroatoms. The summed E-state index contributed by atoms with van der Waals surface area (Å²) in [5.74, 6) is -3.82. The fraction of sp³-hybridized carbons (Fsp3) is 0. The topological polar surface area (TPSA) is 55.1 Å². The zero-order valence-corrected chi connectivity index (χ0v) is 10.6. The van der Waals surface area contributed by atoms with Crippen LogP contribution in [0.1, 0.15) is 10.4 Å². The van der Waals surface area contributed by atoms with Gasteiger partial charge in [-0.3, -0.25) is 4.79 Å². The number of carbonyl (C=O) groups is 1. The van der Waals surface area contributed by atoms with Gasteiger partial charge in [0.2, 0.25) is 0 Å². The third-order valence-electron chi connectivity index (χ3n) is 2.53. The second-order valence-corrected chi connectivity index (χ2v) is 4.32. The van der Waals surface area contributed by atoms with Crippen LogP contribution in [0.3, 0.4) is 0 Å². The van der Waals surface area contributed by atoms with Crippen molar-refractivity contribution in [2.24, 2.45) is 0 Å². The molecule has 0 atom stereocenters. The van der Waals surface area contributed by atoms with E-state index in [1.165, 1.54) is 18.2 Å². The molecule has 0 heterocycles. The minimum Gasteiger partial charge on any atom is -0.396 e. The Morgan fingerprint density at radius 3 is 2.55 bits per heavy atom. The van der Waals surface area contributed by atoms with Crippen LogP contribution in [-0.2, 0) is 0 Å². The molecule has 2 aromatic rings. The van der Waals surface area contributed by atoms with Gasteiger partial charge in [-0.2, -0.15) is 0 Å². The fourth-order valence-electron chi connectivity index (χ4n) is 1.53. The summed E-state index contributed by atoms with van der Waals surface area (Å²) in [4.78, 5) is 11.8. The number of nitrogen functional groups attached to an aromatic ring is 1.